The van der Waals surface area contributed by atoms with Gasteiger partial charge in [0.1, 0.15) is 4.21 Å². The molecule has 0 aliphatic carbocycles. The van der Waals surface area contributed by atoms with Crippen LogP contribution in [0.5, 0.6) is 0 Å². The predicted octanol–water partition coefficient (Wildman–Crippen LogP) is 3.23. The zero-order valence-electron chi connectivity index (χ0n) is 15.7. The van der Waals surface area contributed by atoms with Gasteiger partial charge in [-0.05, 0) is 60.3 Å². The zero-order chi connectivity index (χ0) is 21.2. The van der Waals surface area contributed by atoms with Crippen molar-refractivity contribution in [3.8, 4) is 0 Å². The van der Waals surface area contributed by atoms with Gasteiger partial charge in [-0.15, -0.1) is 11.3 Å². The number of nitrogens with two attached hydrogens (primary N) is 1. The van der Waals surface area contributed by atoms with Crippen LogP contribution in [0.15, 0.2) is 64.2 Å². The molecule has 3 aromatic rings. The smallest absolute Gasteiger partial charge is 0.273 e. The van der Waals surface area contributed by atoms with Gasteiger partial charge in [-0.2, -0.15) is 0 Å². The Hall–Kier alpha value is -3.17. The second kappa shape index (κ2) is 8.06. The molecule has 0 aliphatic rings. The number of hydrogen-bond donors (Lipinski definition) is 2. The van der Waals surface area contributed by atoms with Crippen LogP contribution in [0.3, 0.4) is 0 Å². The molecule has 3 N–H and O–H groups in total. The lowest BCUT2D eigenvalue weighted by atomic mass is 10.1. The van der Waals surface area contributed by atoms with Gasteiger partial charge in [-0.25, -0.2) is 8.42 Å². The lowest BCUT2D eigenvalue weighted by molar-refractivity contribution is 0.0995. The molecule has 7 nitrogen and oxygen atoms in total. The summed E-state index contributed by atoms with van der Waals surface area (Å²) >= 11 is 1.14. The standard InChI is InChI=1S/C20H19N3O4S2/c1-13-16(19(21)24)5-3-6-17(13)22-20(25)14-8-10-15(11-9-14)23(2)29(26,27)18-7-4-12-28-18/h3-12H,1-2H3,(H2,21,24)(H,22,25). The fourth-order valence-electron chi connectivity index (χ4n) is 2.74. The van der Waals surface area contributed by atoms with Gasteiger partial charge in [-0.3, -0.25) is 13.9 Å². The number of sulfonamides is 1. The molecule has 0 unspecified atom stereocenters. The molecule has 0 bridgehead atoms. The molecule has 0 atom stereocenters. The molecule has 0 aliphatic heterocycles. The Labute approximate surface area is 172 Å². The summed E-state index contributed by atoms with van der Waals surface area (Å²) in [6, 6.07) is 14.3. The van der Waals surface area contributed by atoms with E-state index in [1.165, 1.54) is 11.4 Å². The predicted molar refractivity (Wildman–Crippen MR) is 114 cm³/mol. The van der Waals surface area contributed by atoms with Crippen LogP contribution in [0.2, 0.25) is 0 Å². The van der Waals surface area contributed by atoms with E-state index < -0.39 is 15.9 Å². The topological polar surface area (TPSA) is 110 Å². The Morgan fingerprint density at radius 2 is 1.72 bits per heavy atom. The maximum Gasteiger partial charge on any atom is 0.273 e. The molecule has 1 aromatic heterocycles. The van der Waals surface area contributed by atoms with Crippen LogP contribution in [0, 0.1) is 6.92 Å². The number of thiophene rings is 1. The van der Waals surface area contributed by atoms with Crippen LogP contribution in [-0.2, 0) is 10.0 Å². The van der Waals surface area contributed by atoms with Gasteiger partial charge in [0.2, 0.25) is 5.91 Å². The normalized spacial score (nSPS) is 11.1. The van der Waals surface area contributed by atoms with Gasteiger partial charge >= 0.3 is 0 Å². The van der Waals surface area contributed by atoms with Crippen LogP contribution in [0.1, 0.15) is 26.3 Å². The second-order valence-electron chi connectivity index (χ2n) is 6.25. The molecule has 9 heteroatoms. The molecule has 0 saturated carbocycles. The van der Waals surface area contributed by atoms with E-state index in [2.05, 4.69) is 5.32 Å². The van der Waals surface area contributed by atoms with E-state index in [-0.39, 0.29) is 10.1 Å². The number of benzene rings is 2. The summed E-state index contributed by atoms with van der Waals surface area (Å²) in [7, 11) is -2.18. The molecule has 0 spiro atoms. The fourth-order valence-corrected chi connectivity index (χ4v) is 5.10. The maximum absolute atomic E-state index is 12.6. The minimum Gasteiger partial charge on any atom is -0.366 e. The lowest BCUT2D eigenvalue weighted by Crippen LogP contribution is -2.25. The Balaban J connectivity index is 1.79. The minimum atomic E-state index is -3.64. The highest BCUT2D eigenvalue weighted by atomic mass is 32.2. The Morgan fingerprint density at radius 3 is 2.31 bits per heavy atom. The molecular weight excluding hydrogens is 410 g/mol. The molecule has 1 heterocycles. The molecule has 0 saturated heterocycles. The van der Waals surface area contributed by atoms with E-state index in [1.54, 1.807) is 66.9 Å². The van der Waals surface area contributed by atoms with Gasteiger partial charge in [0, 0.05) is 23.9 Å². The summed E-state index contributed by atoms with van der Waals surface area (Å²) in [6.45, 7) is 1.70. The van der Waals surface area contributed by atoms with Gasteiger partial charge in [-0.1, -0.05) is 12.1 Å². The van der Waals surface area contributed by atoms with Gasteiger partial charge in [0.15, 0.2) is 0 Å². The summed E-state index contributed by atoms with van der Waals surface area (Å²) in [5, 5.41) is 4.44. The molecular formula is C20H19N3O4S2. The third kappa shape index (κ3) is 4.15. The first-order chi connectivity index (χ1) is 13.7. The highest BCUT2D eigenvalue weighted by Crippen LogP contribution is 2.26. The SMILES string of the molecule is Cc1c(NC(=O)c2ccc(N(C)S(=O)(=O)c3cccs3)cc2)cccc1C(N)=O. The van der Waals surface area contributed by atoms with Crippen LogP contribution < -0.4 is 15.4 Å². The molecule has 2 aromatic carbocycles. The number of amides is 2. The number of hydrogen-bond acceptors (Lipinski definition) is 5. The van der Waals surface area contributed by atoms with E-state index in [1.807, 2.05) is 0 Å². The molecule has 2 amide bonds. The summed E-state index contributed by atoms with van der Waals surface area (Å²) in [4.78, 5) is 24.0. The van der Waals surface area contributed by atoms with Crippen LogP contribution in [-0.4, -0.2) is 27.3 Å². The van der Waals surface area contributed by atoms with Crippen LogP contribution in [0.4, 0.5) is 11.4 Å². The van der Waals surface area contributed by atoms with Crippen molar-refractivity contribution in [3.05, 3.63) is 76.7 Å². The molecule has 0 fully saturated rings. The van der Waals surface area contributed by atoms with E-state index in [0.717, 1.165) is 11.3 Å². The third-order valence-electron chi connectivity index (χ3n) is 4.45. The fraction of sp³-hybridized carbons (Fsp3) is 0.100. The molecule has 0 radical (unpaired) electrons. The van der Waals surface area contributed by atoms with E-state index in [9.17, 15) is 18.0 Å². The van der Waals surface area contributed by atoms with Gasteiger partial charge in [0.25, 0.3) is 15.9 Å². The first-order valence-corrected chi connectivity index (χ1v) is 10.9. The van der Waals surface area contributed by atoms with Gasteiger partial charge < -0.3 is 11.1 Å². The number of primary amides is 1. The first-order valence-electron chi connectivity index (χ1n) is 8.55. The number of anilines is 2. The van der Waals surface area contributed by atoms with E-state index >= 15 is 0 Å². The molecule has 3 rings (SSSR count). The molecule has 29 heavy (non-hydrogen) atoms. The third-order valence-corrected chi connectivity index (χ3v) is 7.61. The average Bonchev–Trinajstić information content (AvgIpc) is 3.24. The van der Waals surface area contributed by atoms with Crippen molar-refractivity contribution in [1.82, 2.24) is 0 Å². The van der Waals surface area contributed by atoms with Gasteiger partial charge in [0.05, 0.1) is 5.69 Å². The molecule has 150 valence electrons. The second-order valence-corrected chi connectivity index (χ2v) is 9.39. The lowest BCUT2D eigenvalue weighted by Gasteiger charge is -2.18. The quantitative estimate of drug-likeness (QED) is 0.627. The zero-order valence-corrected chi connectivity index (χ0v) is 17.4. The number of carbonyl (C=O) groups excluding carboxylic acids is 2. The highest BCUT2D eigenvalue weighted by Gasteiger charge is 2.22. The number of nitrogens with one attached hydrogen (secondary N) is 1. The monoisotopic (exact) mass is 429 g/mol. The van der Waals surface area contributed by atoms with E-state index in [0.29, 0.717) is 28.1 Å². The van der Waals surface area contributed by atoms with Crippen molar-refractivity contribution in [2.24, 2.45) is 5.73 Å². The summed E-state index contributed by atoms with van der Waals surface area (Å²) in [5.74, 6) is -0.956. The number of nitrogens with zero attached hydrogens (tertiary/aromatic N) is 1. The Bertz CT molecular complexity index is 1150. The van der Waals surface area contributed by atoms with Crippen molar-refractivity contribution >= 4 is 44.5 Å². The first kappa shape index (κ1) is 20.6. The van der Waals surface area contributed by atoms with Crippen LogP contribution >= 0.6 is 11.3 Å². The van der Waals surface area contributed by atoms with Crippen molar-refractivity contribution in [1.29, 1.82) is 0 Å². The summed E-state index contributed by atoms with van der Waals surface area (Å²) < 4.78 is 26.6. The van der Waals surface area contributed by atoms with Crippen molar-refractivity contribution in [2.45, 2.75) is 11.1 Å². The highest BCUT2D eigenvalue weighted by molar-refractivity contribution is 7.94. The number of rotatable bonds is 6. The van der Waals surface area contributed by atoms with Crippen molar-refractivity contribution in [3.63, 3.8) is 0 Å². The minimum absolute atomic E-state index is 0.242. The summed E-state index contributed by atoms with van der Waals surface area (Å²) in [6.07, 6.45) is 0. The van der Waals surface area contributed by atoms with E-state index in [4.69, 9.17) is 5.73 Å². The largest absolute Gasteiger partial charge is 0.366 e. The summed E-state index contributed by atoms with van der Waals surface area (Å²) in [5.41, 5.74) is 7.50. The maximum atomic E-state index is 12.6. The van der Waals surface area contributed by atoms with Crippen molar-refractivity contribution < 1.29 is 18.0 Å². The van der Waals surface area contributed by atoms with Crippen LogP contribution in [0.25, 0.3) is 0 Å². The van der Waals surface area contributed by atoms with Crippen molar-refractivity contribution in [2.75, 3.05) is 16.7 Å². The average molecular weight is 430 g/mol. The Morgan fingerprint density at radius 1 is 1.03 bits per heavy atom. The number of carbonyl (C=O) groups is 2. The Kier molecular flexibility index (Phi) is 5.71.